The quantitative estimate of drug-likeness (QED) is 0.242. The van der Waals surface area contributed by atoms with Crippen molar-refractivity contribution >= 4 is 40.6 Å². The van der Waals surface area contributed by atoms with E-state index in [1.54, 1.807) is 22.6 Å². The number of benzene rings is 1. The van der Waals surface area contributed by atoms with Gasteiger partial charge >= 0.3 is 11.9 Å². The Morgan fingerprint density at radius 2 is 1.65 bits per heavy atom. The van der Waals surface area contributed by atoms with Gasteiger partial charge in [0.2, 0.25) is 0 Å². The number of rotatable bonds is 1. The van der Waals surface area contributed by atoms with Crippen molar-refractivity contribution < 1.29 is 27.8 Å². The summed E-state index contributed by atoms with van der Waals surface area (Å²) in [7, 11) is 0. The maximum Gasteiger partial charge on any atom is 0.348 e. The Balaban J connectivity index is 2.43. The fourth-order valence-electron chi connectivity index (χ4n) is 1.58. The molecule has 7 heteroatoms. The summed E-state index contributed by atoms with van der Waals surface area (Å²) in [4.78, 5) is 23.4. The van der Waals surface area contributed by atoms with Crippen molar-refractivity contribution in [3.63, 3.8) is 0 Å². The predicted octanol–water partition coefficient (Wildman–Crippen LogP) is 2.79. The van der Waals surface area contributed by atoms with Crippen LogP contribution >= 0.6 is 22.6 Å². The molecule has 20 heavy (non-hydrogen) atoms. The van der Waals surface area contributed by atoms with Crippen molar-refractivity contribution in [3.05, 3.63) is 38.5 Å². The van der Waals surface area contributed by atoms with E-state index in [0.717, 1.165) is 6.08 Å². The molecule has 2 rings (SSSR count). The number of ether oxygens (including phenoxy) is 2. The van der Waals surface area contributed by atoms with E-state index in [9.17, 15) is 18.4 Å². The zero-order chi connectivity index (χ0) is 15.1. The first-order valence-corrected chi connectivity index (χ1v) is 6.60. The van der Waals surface area contributed by atoms with E-state index in [4.69, 9.17) is 9.47 Å². The minimum atomic E-state index is -1.36. The average Bonchev–Trinajstić information content (AvgIpc) is 2.28. The number of hydrogen-bond donors (Lipinski definition) is 0. The lowest BCUT2D eigenvalue weighted by Gasteiger charge is -2.29. The summed E-state index contributed by atoms with van der Waals surface area (Å²) in [5, 5.41) is 0. The van der Waals surface area contributed by atoms with Gasteiger partial charge in [0.15, 0.2) is 0 Å². The van der Waals surface area contributed by atoms with Gasteiger partial charge in [0.1, 0.15) is 17.2 Å². The van der Waals surface area contributed by atoms with Crippen LogP contribution in [0.15, 0.2) is 17.7 Å². The number of esters is 2. The second kappa shape index (κ2) is 5.12. The van der Waals surface area contributed by atoms with Crippen molar-refractivity contribution in [1.29, 1.82) is 0 Å². The summed E-state index contributed by atoms with van der Waals surface area (Å²) < 4.78 is 36.7. The number of carbonyl (C=O) groups excluding carboxylic acids is 2. The van der Waals surface area contributed by atoms with E-state index >= 15 is 0 Å². The van der Waals surface area contributed by atoms with Gasteiger partial charge < -0.3 is 9.47 Å². The molecule has 4 nitrogen and oxygen atoms in total. The zero-order valence-electron chi connectivity index (χ0n) is 10.5. The van der Waals surface area contributed by atoms with E-state index in [2.05, 4.69) is 0 Å². The van der Waals surface area contributed by atoms with E-state index in [0.29, 0.717) is 6.07 Å². The van der Waals surface area contributed by atoms with E-state index in [1.807, 2.05) is 0 Å². The SMILES string of the molecule is CC1(C)OC(=O)C(=Cc2cc(I)c(F)cc2F)C(=O)O1. The third kappa shape index (κ3) is 2.97. The molecule has 0 atom stereocenters. The average molecular weight is 394 g/mol. The summed E-state index contributed by atoms with van der Waals surface area (Å²) in [5.41, 5.74) is -0.537. The Hall–Kier alpha value is -1.51. The van der Waals surface area contributed by atoms with Gasteiger partial charge in [-0.2, -0.15) is 0 Å². The highest BCUT2D eigenvalue weighted by Crippen LogP contribution is 2.25. The molecular formula is C13H9F2IO4. The van der Waals surface area contributed by atoms with Crippen molar-refractivity contribution in [2.24, 2.45) is 0 Å². The molecule has 0 N–H and O–H groups in total. The molecule has 1 aliphatic heterocycles. The minimum absolute atomic E-state index is 0.0978. The Labute approximate surface area is 126 Å². The first-order chi connectivity index (χ1) is 9.19. The number of hydrogen-bond acceptors (Lipinski definition) is 4. The number of carbonyl (C=O) groups is 2. The molecule has 0 aromatic heterocycles. The van der Waals surface area contributed by atoms with Crippen molar-refractivity contribution in [1.82, 2.24) is 0 Å². The molecule has 1 fully saturated rings. The number of cyclic esters (lactones) is 2. The topological polar surface area (TPSA) is 52.6 Å². The molecule has 1 saturated heterocycles. The highest BCUT2D eigenvalue weighted by atomic mass is 127. The predicted molar refractivity (Wildman–Crippen MR) is 73.3 cm³/mol. The first kappa shape index (κ1) is 14.9. The maximum atomic E-state index is 13.6. The summed E-state index contributed by atoms with van der Waals surface area (Å²) in [5.74, 6) is -4.79. The Morgan fingerprint density at radius 3 is 2.20 bits per heavy atom. The number of halogens is 3. The molecule has 1 aromatic rings. The van der Waals surface area contributed by atoms with Crippen molar-refractivity contribution in [2.45, 2.75) is 19.6 Å². The standard InChI is InChI=1S/C13H9F2IO4/c1-13(2)19-11(17)7(12(18)20-13)3-6-4-10(16)9(15)5-8(6)14/h3-5H,1-2H3. The van der Waals surface area contributed by atoms with Crippen LogP contribution in [0.3, 0.4) is 0 Å². The van der Waals surface area contributed by atoms with Gasteiger partial charge in [-0.25, -0.2) is 18.4 Å². The monoisotopic (exact) mass is 394 g/mol. The molecule has 1 aliphatic rings. The lowest BCUT2D eigenvalue weighted by Crippen LogP contribution is -2.41. The summed E-state index contributed by atoms with van der Waals surface area (Å²) in [6, 6.07) is 1.86. The van der Waals surface area contributed by atoms with E-state index in [-0.39, 0.29) is 9.13 Å². The molecule has 0 unspecified atom stereocenters. The molecule has 0 bridgehead atoms. The third-order valence-electron chi connectivity index (χ3n) is 2.46. The van der Waals surface area contributed by atoms with Gasteiger partial charge in [-0.1, -0.05) is 0 Å². The van der Waals surface area contributed by atoms with Crippen LogP contribution in [0.4, 0.5) is 8.78 Å². The van der Waals surface area contributed by atoms with E-state index in [1.165, 1.54) is 19.9 Å². The van der Waals surface area contributed by atoms with E-state index < -0.39 is 34.9 Å². The molecule has 0 aliphatic carbocycles. The second-order valence-electron chi connectivity index (χ2n) is 4.52. The van der Waals surface area contributed by atoms with Crippen molar-refractivity contribution in [3.8, 4) is 0 Å². The van der Waals surface area contributed by atoms with Crippen LogP contribution in [0.2, 0.25) is 0 Å². The fourth-order valence-corrected chi connectivity index (χ4v) is 2.07. The molecule has 0 amide bonds. The van der Waals surface area contributed by atoms with Gasteiger partial charge in [-0.05, 0) is 34.7 Å². The Kier molecular flexibility index (Phi) is 3.81. The molecular weight excluding hydrogens is 385 g/mol. The van der Waals surface area contributed by atoms with Gasteiger partial charge in [0.25, 0.3) is 5.79 Å². The van der Waals surface area contributed by atoms with Crippen LogP contribution in [0.5, 0.6) is 0 Å². The molecule has 0 saturated carbocycles. The second-order valence-corrected chi connectivity index (χ2v) is 5.69. The largest absolute Gasteiger partial charge is 0.419 e. The molecule has 106 valence electrons. The van der Waals surface area contributed by atoms with Crippen LogP contribution in [-0.2, 0) is 19.1 Å². The smallest absolute Gasteiger partial charge is 0.348 e. The Morgan fingerprint density at radius 1 is 1.10 bits per heavy atom. The molecule has 1 aromatic carbocycles. The van der Waals surface area contributed by atoms with Crippen LogP contribution in [0, 0.1) is 15.2 Å². The first-order valence-electron chi connectivity index (χ1n) is 5.52. The lowest BCUT2D eigenvalue weighted by atomic mass is 10.1. The Bertz CT molecular complexity index is 616. The minimum Gasteiger partial charge on any atom is -0.419 e. The molecule has 0 radical (unpaired) electrons. The fraction of sp³-hybridized carbons (Fsp3) is 0.231. The van der Waals surface area contributed by atoms with Gasteiger partial charge in [0.05, 0.1) is 0 Å². The lowest BCUT2D eigenvalue weighted by molar-refractivity contribution is -0.222. The maximum absolute atomic E-state index is 13.6. The third-order valence-corrected chi connectivity index (χ3v) is 3.28. The van der Waals surface area contributed by atoms with Gasteiger partial charge in [-0.3, -0.25) is 0 Å². The molecule has 1 heterocycles. The van der Waals surface area contributed by atoms with Gasteiger partial charge in [0, 0.05) is 29.0 Å². The summed E-state index contributed by atoms with van der Waals surface area (Å²) >= 11 is 1.67. The van der Waals surface area contributed by atoms with Crippen molar-refractivity contribution in [2.75, 3.05) is 0 Å². The van der Waals surface area contributed by atoms with Crippen LogP contribution < -0.4 is 0 Å². The summed E-state index contributed by atoms with van der Waals surface area (Å²) in [6.07, 6.45) is 0.983. The molecule has 0 spiro atoms. The van der Waals surface area contributed by atoms with Crippen LogP contribution in [-0.4, -0.2) is 17.7 Å². The highest BCUT2D eigenvalue weighted by Gasteiger charge is 2.39. The highest BCUT2D eigenvalue weighted by molar-refractivity contribution is 14.1. The zero-order valence-corrected chi connectivity index (χ0v) is 12.7. The normalized spacial score (nSPS) is 17.6. The van der Waals surface area contributed by atoms with Crippen LogP contribution in [0.1, 0.15) is 19.4 Å². The van der Waals surface area contributed by atoms with Gasteiger partial charge in [-0.15, -0.1) is 0 Å². The summed E-state index contributed by atoms with van der Waals surface area (Å²) in [6.45, 7) is 2.81. The van der Waals surface area contributed by atoms with Crippen LogP contribution in [0.25, 0.3) is 6.08 Å².